The molecule has 1 aromatic rings. The Hall–Kier alpha value is -4.79. The lowest BCUT2D eigenvalue weighted by atomic mass is 9.78. The molecule has 0 saturated carbocycles. The summed E-state index contributed by atoms with van der Waals surface area (Å²) in [6.45, 7) is 16.8. The molecule has 15 nitrogen and oxygen atoms in total. The molecule has 3 N–H and O–H groups in total. The minimum atomic E-state index is -1.43. The SMILES string of the molecule is C=CC(=O)OCCOC(=O)CCOC(=O)CCCCCCCCC(CCCCCCCC)C(CCCCCCCC)CCCCCCCCC(=O)NCCNC(=O)CCCCCCCCC(CCCCCCCC)C(CCCCCCCC)CCCCCCCCC(=O)OCCOc1ccc(C(=O)C(C)(C)O)cc1. The third kappa shape index (κ3) is 64.3. The zero-order valence-corrected chi connectivity index (χ0v) is 71.3. The van der Waals surface area contributed by atoms with E-state index in [4.69, 9.17) is 23.7 Å². The van der Waals surface area contributed by atoms with Gasteiger partial charge < -0.3 is 39.4 Å². The molecule has 0 bridgehead atoms. The van der Waals surface area contributed by atoms with E-state index in [9.17, 15) is 38.7 Å². The van der Waals surface area contributed by atoms with Crippen LogP contribution in [0.2, 0.25) is 0 Å². The molecule has 0 aliphatic rings. The summed E-state index contributed by atoms with van der Waals surface area (Å²) >= 11 is 0. The lowest BCUT2D eigenvalue weighted by molar-refractivity contribution is -0.153. The average Bonchev–Trinajstić information content (AvgIpc) is 0.850. The summed E-state index contributed by atoms with van der Waals surface area (Å²) in [6, 6.07) is 6.65. The first-order valence-electron chi connectivity index (χ1n) is 45.9. The van der Waals surface area contributed by atoms with Crippen LogP contribution in [0.1, 0.15) is 444 Å². The highest BCUT2D eigenvalue weighted by atomic mass is 16.6. The minimum Gasteiger partial charge on any atom is -0.490 e. The van der Waals surface area contributed by atoms with Crippen molar-refractivity contribution in [2.45, 2.75) is 439 Å². The first-order valence-corrected chi connectivity index (χ1v) is 45.9. The van der Waals surface area contributed by atoms with Crippen LogP contribution < -0.4 is 15.4 Å². The van der Waals surface area contributed by atoms with Crippen LogP contribution in [0.25, 0.3) is 0 Å². The van der Waals surface area contributed by atoms with Crippen LogP contribution in [0.3, 0.4) is 0 Å². The molecule has 4 atom stereocenters. The van der Waals surface area contributed by atoms with Crippen LogP contribution in [0, 0.1) is 23.7 Å². The summed E-state index contributed by atoms with van der Waals surface area (Å²) in [6.07, 6.45) is 73.6. The summed E-state index contributed by atoms with van der Waals surface area (Å²) in [5, 5.41) is 16.1. The van der Waals surface area contributed by atoms with E-state index in [2.05, 4.69) is 44.9 Å². The number of carbonyl (C=O) groups is 7. The maximum atomic E-state index is 12.8. The number of benzene rings is 1. The number of hydrogen-bond donors (Lipinski definition) is 3. The van der Waals surface area contributed by atoms with Gasteiger partial charge in [-0.25, -0.2) is 4.79 Å². The Balaban J connectivity index is 2.47. The van der Waals surface area contributed by atoms with Crippen molar-refractivity contribution in [1.29, 1.82) is 0 Å². The molecule has 0 aromatic heterocycles. The van der Waals surface area contributed by atoms with Crippen molar-refractivity contribution in [1.82, 2.24) is 10.6 Å². The van der Waals surface area contributed by atoms with E-state index in [1.165, 1.54) is 309 Å². The Morgan fingerprint density at radius 2 is 0.596 bits per heavy atom. The minimum absolute atomic E-state index is 0.0124. The zero-order valence-electron chi connectivity index (χ0n) is 71.3. The summed E-state index contributed by atoms with van der Waals surface area (Å²) in [5.74, 6) is 2.13. The summed E-state index contributed by atoms with van der Waals surface area (Å²) in [4.78, 5) is 85.6. The number of ether oxygens (including phenoxy) is 5. The monoisotopic (exact) mass is 1530 g/mol. The normalized spacial score (nSPS) is 12.6. The molecule has 0 spiro atoms. The second-order valence-corrected chi connectivity index (χ2v) is 32.6. The van der Waals surface area contributed by atoms with Gasteiger partial charge in [0, 0.05) is 50.4 Å². The average molecular weight is 1530 g/mol. The van der Waals surface area contributed by atoms with Gasteiger partial charge in [-0.1, -0.05) is 368 Å². The van der Waals surface area contributed by atoms with Gasteiger partial charge >= 0.3 is 23.9 Å². The number of esters is 4. The van der Waals surface area contributed by atoms with Crippen molar-refractivity contribution in [3.8, 4) is 5.75 Å². The number of amides is 2. The van der Waals surface area contributed by atoms with Gasteiger partial charge in [-0.15, -0.1) is 0 Å². The molecule has 632 valence electrons. The van der Waals surface area contributed by atoms with Crippen LogP contribution in [-0.2, 0) is 47.7 Å². The van der Waals surface area contributed by atoms with E-state index >= 15 is 0 Å². The highest BCUT2D eigenvalue weighted by Crippen LogP contribution is 2.36. The Morgan fingerprint density at radius 3 is 0.899 bits per heavy atom. The smallest absolute Gasteiger partial charge is 0.330 e. The lowest BCUT2D eigenvalue weighted by Gasteiger charge is -2.28. The van der Waals surface area contributed by atoms with Crippen LogP contribution in [0.5, 0.6) is 5.75 Å². The first-order chi connectivity index (χ1) is 53.1. The van der Waals surface area contributed by atoms with E-state index < -0.39 is 17.5 Å². The predicted octanol–water partition coefficient (Wildman–Crippen LogP) is 25.0. The number of Topliss-reactive ketones (excluding diaryl/α,β-unsaturated/α-hetero) is 1. The van der Waals surface area contributed by atoms with Gasteiger partial charge in [-0.3, -0.25) is 28.8 Å². The molecule has 1 aromatic carbocycles. The Labute approximate surface area is 667 Å². The van der Waals surface area contributed by atoms with Gasteiger partial charge in [0.2, 0.25) is 11.8 Å². The van der Waals surface area contributed by atoms with Crippen molar-refractivity contribution < 1.29 is 62.4 Å². The van der Waals surface area contributed by atoms with E-state index in [-0.39, 0.29) is 69.0 Å². The molecule has 0 fully saturated rings. The number of rotatable bonds is 82. The van der Waals surface area contributed by atoms with E-state index in [1.54, 1.807) is 24.3 Å². The Bertz CT molecular complexity index is 2340. The van der Waals surface area contributed by atoms with Gasteiger partial charge in [0.05, 0.1) is 6.42 Å². The van der Waals surface area contributed by atoms with Crippen LogP contribution >= 0.6 is 0 Å². The molecule has 0 saturated heterocycles. The van der Waals surface area contributed by atoms with Crippen molar-refractivity contribution in [2.75, 3.05) is 46.1 Å². The molecule has 0 aliphatic heterocycles. The molecular formula is C94H168N2O13. The topological polar surface area (TPSA) is 210 Å². The first kappa shape index (κ1) is 102. The largest absolute Gasteiger partial charge is 0.490 e. The van der Waals surface area contributed by atoms with Crippen LogP contribution in [-0.4, -0.2) is 98.3 Å². The standard InChI is InChI=1S/C94H168N2O13/c1-8-13-17-21-33-45-57-81(83(59-47-35-23-19-15-10-3)63-51-39-27-31-43-55-67-90(100)106-76-73-92(102)109-80-79-107-89(99)12-5)61-49-37-25-29-41-53-65-87(97)95-74-75-96-88(98)66-54-42-30-26-38-50-62-82(58-46-34-22-18-14-9-2)84(60-48-36-24-20-16-11-4)64-52-40-28-32-44-56-68-91(101)108-78-77-105-86-71-69-85(70-72-86)93(103)94(6,7)104/h12,69-72,81-84,104H,5,8-11,13-68,73-80H2,1-4,6-7H3,(H,95,97)(H,96,98). The molecule has 2 amide bonds. The fourth-order valence-corrected chi connectivity index (χ4v) is 15.5. The van der Waals surface area contributed by atoms with Crippen molar-refractivity contribution in [3.63, 3.8) is 0 Å². The Morgan fingerprint density at radius 1 is 0.339 bits per heavy atom. The number of aliphatic hydroxyl groups is 1. The Kier molecular flexibility index (Phi) is 70.0. The zero-order chi connectivity index (χ0) is 79.6. The third-order valence-electron chi connectivity index (χ3n) is 22.3. The van der Waals surface area contributed by atoms with Gasteiger partial charge in [0.15, 0.2) is 5.78 Å². The highest BCUT2D eigenvalue weighted by Gasteiger charge is 2.26. The molecule has 0 radical (unpaired) electrons. The van der Waals surface area contributed by atoms with Crippen molar-refractivity contribution >= 4 is 41.5 Å². The van der Waals surface area contributed by atoms with Gasteiger partial charge in [0.25, 0.3) is 0 Å². The molecule has 0 aliphatic carbocycles. The predicted molar refractivity (Wildman–Crippen MR) is 451 cm³/mol. The number of unbranched alkanes of at least 4 members (excludes halogenated alkanes) is 40. The number of carbonyl (C=O) groups excluding carboxylic acids is 7. The fraction of sp³-hybridized carbons (Fsp3) is 0.840. The quantitative estimate of drug-likeness (QED) is 0.0182. The van der Waals surface area contributed by atoms with Gasteiger partial charge in [-0.05, 0) is 87.5 Å². The van der Waals surface area contributed by atoms with Crippen molar-refractivity contribution in [2.24, 2.45) is 23.7 Å². The highest BCUT2D eigenvalue weighted by molar-refractivity contribution is 6.01. The van der Waals surface area contributed by atoms with Crippen LogP contribution in [0.4, 0.5) is 0 Å². The number of nitrogens with one attached hydrogen (secondary N) is 2. The maximum absolute atomic E-state index is 12.8. The summed E-state index contributed by atoms with van der Waals surface area (Å²) < 4.78 is 26.2. The molecule has 15 heteroatoms. The molecule has 109 heavy (non-hydrogen) atoms. The number of hydrogen-bond acceptors (Lipinski definition) is 13. The molecule has 0 heterocycles. The van der Waals surface area contributed by atoms with Crippen molar-refractivity contribution in [3.05, 3.63) is 42.5 Å². The fourth-order valence-electron chi connectivity index (χ4n) is 15.5. The van der Waals surface area contributed by atoms with E-state index in [0.29, 0.717) is 50.1 Å². The second-order valence-electron chi connectivity index (χ2n) is 32.6. The van der Waals surface area contributed by atoms with E-state index in [0.717, 1.165) is 94.0 Å². The maximum Gasteiger partial charge on any atom is 0.330 e. The van der Waals surface area contributed by atoms with E-state index in [1.807, 2.05) is 0 Å². The summed E-state index contributed by atoms with van der Waals surface area (Å²) in [7, 11) is 0. The summed E-state index contributed by atoms with van der Waals surface area (Å²) in [5.41, 5.74) is -1.01. The van der Waals surface area contributed by atoms with Gasteiger partial charge in [0.1, 0.15) is 44.4 Å². The van der Waals surface area contributed by atoms with Gasteiger partial charge in [-0.2, -0.15) is 0 Å². The molecule has 4 unspecified atom stereocenters. The van der Waals surface area contributed by atoms with Crippen LogP contribution in [0.15, 0.2) is 36.9 Å². The number of ketones is 1. The molecular weight excluding hydrogens is 1370 g/mol. The third-order valence-corrected chi connectivity index (χ3v) is 22.3. The second kappa shape index (κ2) is 74.6. The molecule has 1 rings (SSSR count). The lowest BCUT2D eigenvalue weighted by Crippen LogP contribution is -2.34.